The first-order chi connectivity index (χ1) is 14.1. The van der Waals surface area contributed by atoms with E-state index >= 15 is 0 Å². The highest BCUT2D eigenvalue weighted by Crippen LogP contribution is 2.47. The van der Waals surface area contributed by atoms with Gasteiger partial charge < -0.3 is 14.4 Å². The van der Waals surface area contributed by atoms with Crippen molar-refractivity contribution >= 4 is 11.6 Å². The molecule has 1 spiro atoms. The van der Waals surface area contributed by atoms with Gasteiger partial charge in [-0.2, -0.15) is 0 Å². The van der Waals surface area contributed by atoms with E-state index in [0.29, 0.717) is 24.7 Å². The molecule has 2 aliphatic rings. The van der Waals surface area contributed by atoms with E-state index in [4.69, 9.17) is 0 Å². The molecule has 3 aromatic heterocycles. The second kappa shape index (κ2) is 6.69. The maximum atomic E-state index is 13.1. The summed E-state index contributed by atoms with van der Waals surface area (Å²) in [5.41, 5.74) is 2.44. The van der Waals surface area contributed by atoms with Crippen LogP contribution in [0.3, 0.4) is 0 Å². The van der Waals surface area contributed by atoms with Gasteiger partial charge in [0.2, 0.25) is 0 Å². The maximum Gasteiger partial charge on any atom is 0.274 e. The van der Waals surface area contributed by atoms with Crippen molar-refractivity contribution in [2.24, 2.45) is 5.92 Å². The third-order valence-electron chi connectivity index (χ3n) is 5.89. The van der Waals surface area contributed by atoms with Crippen LogP contribution in [0.2, 0.25) is 0 Å². The molecule has 0 radical (unpaired) electrons. The summed E-state index contributed by atoms with van der Waals surface area (Å²) in [6.07, 6.45) is 9.48. The number of hydrogen-bond acceptors (Lipinski definition) is 5. The summed E-state index contributed by atoms with van der Waals surface area (Å²) in [6, 6.07) is 8.37. The quantitative estimate of drug-likeness (QED) is 0.690. The topological polar surface area (TPSA) is 67.2 Å². The van der Waals surface area contributed by atoms with E-state index in [-0.39, 0.29) is 11.4 Å². The molecule has 1 amide bonds. The van der Waals surface area contributed by atoms with E-state index in [2.05, 4.69) is 62.7 Å². The number of carbonyl (C=O) groups excluding carboxylic acids is 1. The second-order valence-electron chi connectivity index (χ2n) is 8.21. The summed E-state index contributed by atoms with van der Waals surface area (Å²) in [5, 5.41) is 0. The number of pyridine rings is 1. The molecule has 1 unspecified atom stereocenters. The molecule has 7 heteroatoms. The number of fused-ring (bicyclic) bond motifs is 4. The Kier molecular flexibility index (Phi) is 4.12. The smallest absolute Gasteiger partial charge is 0.274 e. The third-order valence-corrected chi connectivity index (χ3v) is 5.89. The Morgan fingerprint density at radius 3 is 2.86 bits per heavy atom. The molecule has 1 fully saturated rings. The highest BCUT2D eigenvalue weighted by Gasteiger charge is 2.51. The first-order valence-electron chi connectivity index (χ1n) is 10.1. The lowest BCUT2D eigenvalue weighted by Gasteiger charge is -2.47. The summed E-state index contributed by atoms with van der Waals surface area (Å²) >= 11 is 0. The highest BCUT2D eigenvalue weighted by atomic mass is 16.2. The summed E-state index contributed by atoms with van der Waals surface area (Å²) in [6.45, 7) is 6.67. The zero-order valence-corrected chi connectivity index (χ0v) is 16.7. The summed E-state index contributed by atoms with van der Waals surface area (Å²) in [4.78, 5) is 30.4. The number of amides is 1. The van der Waals surface area contributed by atoms with E-state index in [9.17, 15) is 4.79 Å². The molecule has 0 bridgehead atoms. The minimum atomic E-state index is -0.276. The molecule has 29 heavy (non-hydrogen) atoms. The van der Waals surface area contributed by atoms with Gasteiger partial charge in [-0.05, 0) is 36.6 Å². The average molecular weight is 388 g/mol. The lowest BCUT2D eigenvalue weighted by molar-refractivity contribution is 0.0775. The Labute approximate surface area is 170 Å². The zero-order chi connectivity index (χ0) is 20.0. The first-order valence-corrected chi connectivity index (χ1v) is 10.1. The summed E-state index contributed by atoms with van der Waals surface area (Å²) < 4.78 is 2.18. The molecule has 0 N–H and O–H groups in total. The fourth-order valence-electron chi connectivity index (χ4n) is 4.70. The standard InChI is InChI=1S/C22H24N6O/c1-16(2)14-28-18-5-3-8-25-20(18)27-11-4-6-19(27)22(28)7-12-26(15-22)21(29)17-13-23-9-10-24-17/h3-6,8-11,13,16H,7,12,14-15H2,1-2H3. The van der Waals surface area contributed by atoms with Crippen LogP contribution in [0.4, 0.5) is 5.69 Å². The zero-order valence-electron chi connectivity index (χ0n) is 16.7. The number of hydrogen-bond donors (Lipinski definition) is 0. The van der Waals surface area contributed by atoms with Crippen LogP contribution in [0.25, 0.3) is 5.82 Å². The molecule has 148 valence electrons. The van der Waals surface area contributed by atoms with Gasteiger partial charge in [0.15, 0.2) is 5.82 Å². The van der Waals surface area contributed by atoms with Crippen molar-refractivity contribution < 1.29 is 4.79 Å². The van der Waals surface area contributed by atoms with Crippen LogP contribution in [0.5, 0.6) is 0 Å². The first kappa shape index (κ1) is 17.8. The predicted molar refractivity (Wildman–Crippen MR) is 110 cm³/mol. The van der Waals surface area contributed by atoms with Crippen LogP contribution in [0.1, 0.15) is 36.5 Å². The Bertz CT molecular complexity index is 1050. The third kappa shape index (κ3) is 2.72. The van der Waals surface area contributed by atoms with E-state index in [0.717, 1.165) is 24.5 Å². The Morgan fingerprint density at radius 1 is 1.17 bits per heavy atom. The van der Waals surface area contributed by atoms with Crippen molar-refractivity contribution in [2.75, 3.05) is 24.5 Å². The van der Waals surface area contributed by atoms with Gasteiger partial charge in [0, 0.05) is 44.4 Å². The molecule has 1 saturated heterocycles. The van der Waals surface area contributed by atoms with Gasteiger partial charge in [-0.25, -0.2) is 9.97 Å². The molecule has 0 saturated carbocycles. The minimum Gasteiger partial charge on any atom is -0.355 e. The number of likely N-dealkylation sites (tertiary alicyclic amines) is 1. The molecular formula is C22H24N6O. The molecule has 5 heterocycles. The van der Waals surface area contributed by atoms with E-state index in [1.54, 1.807) is 18.6 Å². The number of carbonyl (C=O) groups is 1. The van der Waals surface area contributed by atoms with Crippen molar-refractivity contribution in [3.05, 3.63) is 66.6 Å². The van der Waals surface area contributed by atoms with Crippen molar-refractivity contribution in [1.29, 1.82) is 0 Å². The van der Waals surface area contributed by atoms with Crippen LogP contribution in [0, 0.1) is 5.92 Å². The average Bonchev–Trinajstić information content (AvgIpc) is 3.40. The second-order valence-corrected chi connectivity index (χ2v) is 8.21. The molecule has 2 aliphatic heterocycles. The molecule has 7 nitrogen and oxygen atoms in total. The molecule has 0 aromatic carbocycles. The van der Waals surface area contributed by atoms with Crippen LogP contribution < -0.4 is 4.90 Å². The van der Waals surface area contributed by atoms with E-state index in [1.807, 2.05) is 17.2 Å². The lowest BCUT2D eigenvalue weighted by atomic mass is 9.88. The van der Waals surface area contributed by atoms with Gasteiger partial charge in [0.25, 0.3) is 5.91 Å². The minimum absolute atomic E-state index is 0.0606. The van der Waals surface area contributed by atoms with Gasteiger partial charge in [-0.3, -0.25) is 9.78 Å². The normalized spacial score (nSPS) is 20.2. The summed E-state index contributed by atoms with van der Waals surface area (Å²) in [5.74, 6) is 1.37. The van der Waals surface area contributed by atoms with Crippen molar-refractivity contribution in [3.8, 4) is 5.82 Å². The van der Waals surface area contributed by atoms with Crippen molar-refractivity contribution in [2.45, 2.75) is 25.8 Å². The summed E-state index contributed by atoms with van der Waals surface area (Å²) in [7, 11) is 0. The van der Waals surface area contributed by atoms with Gasteiger partial charge in [0.1, 0.15) is 11.2 Å². The van der Waals surface area contributed by atoms with Crippen LogP contribution in [-0.4, -0.2) is 50.0 Å². The molecule has 0 aliphatic carbocycles. The number of aromatic nitrogens is 4. The van der Waals surface area contributed by atoms with Crippen LogP contribution in [-0.2, 0) is 5.54 Å². The van der Waals surface area contributed by atoms with E-state index in [1.165, 1.54) is 5.69 Å². The molecule has 1 atom stereocenters. The van der Waals surface area contributed by atoms with Gasteiger partial charge in [-0.15, -0.1) is 0 Å². The van der Waals surface area contributed by atoms with Crippen molar-refractivity contribution in [3.63, 3.8) is 0 Å². The Morgan fingerprint density at radius 2 is 2.07 bits per heavy atom. The number of rotatable bonds is 3. The van der Waals surface area contributed by atoms with Crippen LogP contribution in [0.15, 0.2) is 55.2 Å². The fraction of sp³-hybridized carbons (Fsp3) is 0.364. The number of anilines is 1. The monoisotopic (exact) mass is 388 g/mol. The SMILES string of the molecule is CC(C)CN1c2cccnc2-n2cccc2C12CCN(C(=O)c1cnccn1)C2. The fourth-order valence-corrected chi connectivity index (χ4v) is 4.70. The lowest BCUT2D eigenvalue weighted by Crippen LogP contribution is -2.54. The highest BCUT2D eigenvalue weighted by molar-refractivity contribution is 5.92. The Balaban J connectivity index is 1.59. The molecule has 5 rings (SSSR count). The van der Waals surface area contributed by atoms with Gasteiger partial charge in [0.05, 0.1) is 17.6 Å². The van der Waals surface area contributed by atoms with Crippen LogP contribution >= 0.6 is 0 Å². The predicted octanol–water partition coefficient (Wildman–Crippen LogP) is 2.88. The molecule has 3 aromatic rings. The van der Waals surface area contributed by atoms with E-state index < -0.39 is 0 Å². The molecular weight excluding hydrogens is 364 g/mol. The Hall–Kier alpha value is -3.22. The largest absolute Gasteiger partial charge is 0.355 e. The number of nitrogens with zero attached hydrogens (tertiary/aromatic N) is 6. The van der Waals surface area contributed by atoms with Gasteiger partial charge in [-0.1, -0.05) is 13.8 Å². The van der Waals surface area contributed by atoms with Crippen molar-refractivity contribution in [1.82, 2.24) is 24.4 Å². The maximum absolute atomic E-state index is 13.1. The van der Waals surface area contributed by atoms with Gasteiger partial charge >= 0.3 is 0 Å².